The molecule has 2 aliphatic carbocycles. The summed E-state index contributed by atoms with van der Waals surface area (Å²) in [5, 5.41) is 0. The van der Waals surface area contributed by atoms with Crippen molar-refractivity contribution < 1.29 is 32.7 Å². The molecular formula is C23H35Y-. The standard InChI is InChI=1S/C23H35.Y/c1-19-11-13-20(14-12-19)7-5-6-8-21-15-17-23(18-16-21)22-9-3-2-4-10-22;/h3-4,9-10,19-21,23H,5-8,11-18H2,1H3;/q-1;. The molecule has 24 heavy (non-hydrogen) atoms. The van der Waals surface area contributed by atoms with Crippen LogP contribution in [0.3, 0.4) is 0 Å². The Hall–Kier alpha value is 0.324. The second kappa shape index (κ2) is 11.1. The molecule has 0 N–H and O–H groups in total. The van der Waals surface area contributed by atoms with Crippen LogP contribution < -0.4 is 0 Å². The van der Waals surface area contributed by atoms with Crippen molar-refractivity contribution in [1.82, 2.24) is 0 Å². The van der Waals surface area contributed by atoms with Crippen molar-refractivity contribution in [2.24, 2.45) is 17.8 Å². The molecule has 0 aromatic heterocycles. The number of hydrogen-bond donors (Lipinski definition) is 0. The normalized spacial score (nSPS) is 30.5. The number of rotatable bonds is 6. The van der Waals surface area contributed by atoms with E-state index in [0.29, 0.717) is 0 Å². The molecule has 0 nitrogen and oxygen atoms in total. The van der Waals surface area contributed by atoms with Crippen molar-refractivity contribution in [3.05, 3.63) is 35.9 Å². The fraction of sp³-hybridized carbons (Fsp3) is 0.739. The van der Waals surface area contributed by atoms with E-state index in [1.54, 1.807) is 5.56 Å². The molecule has 1 radical (unpaired) electrons. The van der Waals surface area contributed by atoms with E-state index in [-0.39, 0.29) is 32.7 Å². The predicted octanol–water partition coefficient (Wildman–Crippen LogP) is 7.14. The first-order chi connectivity index (χ1) is 11.3. The van der Waals surface area contributed by atoms with Crippen molar-refractivity contribution in [2.45, 2.75) is 89.9 Å². The Morgan fingerprint density at radius 1 is 0.792 bits per heavy atom. The summed E-state index contributed by atoms with van der Waals surface area (Å²) >= 11 is 0. The van der Waals surface area contributed by atoms with Gasteiger partial charge in [0.15, 0.2) is 0 Å². The van der Waals surface area contributed by atoms with Crippen LogP contribution in [0.2, 0.25) is 0 Å². The van der Waals surface area contributed by atoms with E-state index in [1.807, 2.05) is 0 Å². The van der Waals surface area contributed by atoms with Gasteiger partial charge in [0.05, 0.1) is 0 Å². The van der Waals surface area contributed by atoms with E-state index in [0.717, 1.165) is 23.7 Å². The van der Waals surface area contributed by atoms with Gasteiger partial charge < -0.3 is 0 Å². The zero-order valence-corrected chi connectivity index (χ0v) is 18.5. The fourth-order valence-corrected chi connectivity index (χ4v) is 4.94. The van der Waals surface area contributed by atoms with Crippen LogP contribution in [-0.2, 0) is 32.7 Å². The van der Waals surface area contributed by atoms with Crippen LogP contribution in [0.15, 0.2) is 24.3 Å². The van der Waals surface area contributed by atoms with Gasteiger partial charge in [-0.3, -0.25) is 0 Å². The van der Waals surface area contributed by atoms with Gasteiger partial charge in [-0.05, 0) is 49.4 Å². The molecule has 2 saturated carbocycles. The van der Waals surface area contributed by atoms with Gasteiger partial charge in [-0.25, -0.2) is 0 Å². The van der Waals surface area contributed by atoms with Crippen LogP contribution in [0.5, 0.6) is 0 Å². The van der Waals surface area contributed by atoms with E-state index >= 15 is 0 Å². The van der Waals surface area contributed by atoms with E-state index in [9.17, 15) is 0 Å². The van der Waals surface area contributed by atoms with E-state index in [1.165, 1.54) is 77.0 Å². The predicted molar refractivity (Wildman–Crippen MR) is 99.6 cm³/mol. The summed E-state index contributed by atoms with van der Waals surface area (Å²) in [4.78, 5) is 0. The average molecular weight is 400 g/mol. The SMILES string of the molecule is CC1CCC(CCCCC2CCC(c3cc[c-]cc3)CC2)CC1.[Y]. The fourth-order valence-electron chi connectivity index (χ4n) is 4.94. The van der Waals surface area contributed by atoms with Gasteiger partial charge in [0.2, 0.25) is 0 Å². The largest absolute Gasteiger partial charge is 0.184 e. The van der Waals surface area contributed by atoms with Gasteiger partial charge in [-0.2, -0.15) is 35.9 Å². The minimum Gasteiger partial charge on any atom is -0.184 e. The third kappa shape index (κ3) is 6.56. The first-order valence-corrected chi connectivity index (χ1v) is 10.3. The van der Waals surface area contributed by atoms with Crippen molar-refractivity contribution in [1.29, 1.82) is 0 Å². The minimum absolute atomic E-state index is 0. The second-order valence-electron chi connectivity index (χ2n) is 8.46. The molecule has 0 amide bonds. The maximum Gasteiger partial charge on any atom is 0 e. The first kappa shape index (κ1) is 20.6. The molecule has 0 bridgehead atoms. The molecule has 1 heteroatoms. The number of hydrogen-bond acceptors (Lipinski definition) is 0. The summed E-state index contributed by atoms with van der Waals surface area (Å²) in [5.41, 5.74) is 1.55. The van der Waals surface area contributed by atoms with Crippen LogP contribution >= 0.6 is 0 Å². The van der Waals surface area contributed by atoms with Crippen LogP contribution in [0.4, 0.5) is 0 Å². The molecule has 0 heterocycles. The molecular weight excluding hydrogens is 365 g/mol. The third-order valence-electron chi connectivity index (χ3n) is 6.67. The Kier molecular flexibility index (Phi) is 9.56. The third-order valence-corrected chi connectivity index (χ3v) is 6.67. The Morgan fingerprint density at radius 2 is 1.29 bits per heavy atom. The van der Waals surface area contributed by atoms with Gasteiger partial charge in [0.1, 0.15) is 0 Å². The zero-order valence-electron chi connectivity index (χ0n) is 15.7. The average Bonchev–Trinajstić information content (AvgIpc) is 2.62. The summed E-state index contributed by atoms with van der Waals surface area (Å²) < 4.78 is 0. The maximum atomic E-state index is 3.14. The van der Waals surface area contributed by atoms with Gasteiger partial charge in [0, 0.05) is 32.7 Å². The van der Waals surface area contributed by atoms with Crippen molar-refractivity contribution in [2.75, 3.05) is 0 Å². The van der Waals surface area contributed by atoms with Gasteiger partial charge in [-0.15, -0.1) is 0 Å². The molecule has 0 aliphatic heterocycles. The summed E-state index contributed by atoms with van der Waals surface area (Å²) in [6.45, 7) is 2.43. The molecule has 1 aromatic carbocycles. The second-order valence-corrected chi connectivity index (χ2v) is 8.46. The molecule has 0 spiro atoms. The number of benzene rings is 1. The summed E-state index contributed by atoms with van der Waals surface area (Å²) in [6, 6.07) is 11.8. The van der Waals surface area contributed by atoms with Gasteiger partial charge in [0.25, 0.3) is 0 Å². The van der Waals surface area contributed by atoms with E-state index in [2.05, 4.69) is 37.3 Å². The molecule has 131 valence electrons. The molecule has 3 rings (SSSR count). The smallest absolute Gasteiger partial charge is 0 e. The first-order valence-electron chi connectivity index (χ1n) is 10.3. The quantitative estimate of drug-likeness (QED) is 0.351. The van der Waals surface area contributed by atoms with Crippen LogP contribution in [0, 0.1) is 23.8 Å². The zero-order chi connectivity index (χ0) is 15.9. The molecule has 0 atom stereocenters. The van der Waals surface area contributed by atoms with Gasteiger partial charge >= 0.3 is 0 Å². The monoisotopic (exact) mass is 400 g/mol. The Balaban J connectivity index is 0.00000208. The number of unbranched alkanes of at least 4 members (excludes halogenated alkanes) is 1. The minimum atomic E-state index is 0. The van der Waals surface area contributed by atoms with Gasteiger partial charge in [-0.1, -0.05) is 58.3 Å². The molecule has 2 aliphatic rings. The van der Waals surface area contributed by atoms with Crippen LogP contribution in [-0.4, -0.2) is 0 Å². The van der Waals surface area contributed by atoms with E-state index in [4.69, 9.17) is 0 Å². The Labute approximate surface area is 175 Å². The summed E-state index contributed by atoms with van der Waals surface area (Å²) in [6.07, 6.45) is 17.8. The summed E-state index contributed by atoms with van der Waals surface area (Å²) in [5.74, 6) is 3.92. The summed E-state index contributed by atoms with van der Waals surface area (Å²) in [7, 11) is 0. The molecule has 1 aromatic rings. The van der Waals surface area contributed by atoms with Crippen LogP contribution in [0.1, 0.15) is 95.5 Å². The van der Waals surface area contributed by atoms with Crippen molar-refractivity contribution in [3.63, 3.8) is 0 Å². The van der Waals surface area contributed by atoms with Crippen LogP contribution in [0.25, 0.3) is 0 Å². The Bertz CT molecular complexity index is 425. The van der Waals surface area contributed by atoms with E-state index < -0.39 is 0 Å². The van der Waals surface area contributed by atoms with Crippen molar-refractivity contribution in [3.8, 4) is 0 Å². The maximum absolute atomic E-state index is 3.14. The molecule has 0 saturated heterocycles. The molecule has 0 unspecified atom stereocenters. The Morgan fingerprint density at radius 3 is 1.83 bits per heavy atom. The van der Waals surface area contributed by atoms with Crippen molar-refractivity contribution >= 4 is 0 Å². The molecule has 2 fully saturated rings. The topological polar surface area (TPSA) is 0 Å².